The van der Waals surface area contributed by atoms with Crippen molar-refractivity contribution in [2.45, 2.75) is 63.3 Å². The Morgan fingerprint density at radius 2 is 1.64 bits per heavy atom. The van der Waals surface area contributed by atoms with Crippen molar-refractivity contribution in [1.82, 2.24) is 16.0 Å². The van der Waals surface area contributed by atoms with E-state index >= 15 is 0 Å². The zero-order chi connectivity index (χ0) is 25.7. The SMILES string of the molecule is COc1ccc(C[C@H](NC(=O)[C@@H]2NCC[C@@H]2O)C(=O)N[C@@H](Cc2ccccc2)C(=O)C2(C)CC2)cc1. The molecule has 0 aromatic heterocycles. The number of hydrogen-bond acceptors (Lipinski definition) is 6. The minimum Gasteiger partial charge on any atom is -0.497 e. The molecule has 1 aliphatic carbocycles. The van der Waals surface area contributed by atoms with Crippen molar-refractivity contribution in [2.24, 2.45) is 5.41 Å². The molecule has 4 rings (SSSR count). The fraction of sp³-hybridized carbons (Fsp3) is 0.464. The molecule has 192 valence electrons. The van der Waals surface area contributed by atoms with Crippen LogP contribution in [-0.4, -0.2) is 60.6 Å². The van der Waals surface area contributed by atoms with Gasteiger partial charge in [-0.15, -0.1) is 0 Å². The zero-order valence-corrected chi connectivity index (χ0v) is 20.8. The van der Waals surface area contributed by atoms with E-state index in [1.54, 1.807) is 19.2 Å². The van der Waals surface area contributed by atoms with Crippen LogP contribution in [0.1, 0.15) is 37.3 Å². The maximum absolute atomic E-state index is 13.6. The van der Waals surface area contributed by atoms with Gasteiger partial charge in [-0.05, 0) is 55.5 Å². The lowest BCUT2D eigenvalue weighted by Gasteiger charge is -2.26. The highest BCUT2D eigenvalue weighted by Crippen LogP contribution is 2.46. The van der Waals surface area contributed by atoms with Crippen molar-refractivity contribution in [2.75, 3.05) is 13.7 Å². The Hall–Kier alpha value is -3.23. The van der Waals surface area contributed by atoms with Gasteiger partial charge >= 0.3 is 0 Å². The lowest BCUT2D eigenvalue weighted by atomic mass is 9.92. The lowest BCUT2D eigenvalue weighted by molar-refractivity contribution is -0.133. The van der Waals surface area contributed by atoms with Crippen molar-refractivity contribution >= 4 is 17.6 Å². The van der Waals surface area contributed by atoms with Gasteiger partial charge in [-0.1, -0.05) is 49.4 Å². The Morgan fingerprint density at radius 3 is 2.22 bits per heavy atom. The third-order valence-corrected chi connectivity index (χ3v) is 7.21. The van der Waals surface area contributed by atoms with E-state index < -0.39 is 41.5 Å². The highest BCUT2D eigenvalue weighted by atomic mass is 16.5. The first kappa shape index (κ1) is 25.9. The number of aliphatic hydroxyl groups excluding tert-OH is 1. The minimum absolute atomic E-state index is 0.0158. The van der Waals surface area contributed by atoms with Gasteiger partial charge in [0.15, 0.2) is 5.78 Å². The summed E-state index contributed by atoms with van der Waals surface area (Å²) in [5.41, 5.74) is 1.37. The summed E-state index contributed by atoms with van der Waals surface area (Å²) in [5, 5.41) is 18.9. The molecule has 1 aliphatic heterocycles. The number of carbonyl (C=O) groups is 3. The number of rotatable bonds is 11. The van der Waals surface area contributed by atoms with Gasteiger partial charge in [0.25, 0.3) is 0 Å². The first-order valence-electron chi connectivity index (χ1n) is 12.5. The van der Waals surface area contributed by atoms with Crippen LogP contribution < -0.4 is 20.7 Å². The molecule has 4 atom stereocenters. The average molecular weight is 494 g/mol. The Morgan fingerprint density at radius 1 is 1.00 bits per heavy atom. The second-order valence-corrected chi connectivity index (χ2v) is 10.1. The first-order chi connectivity index (χ1) is 17.3. The van der Waals surface area contributed by atoms with E-state index in [2.05, 4.69) is 16.0 Å². The second-order valence-electron chi connectivity index (χ2n) is 10.1. The highest BCUT2D eigenvalue weighted by Gasteiger charge is 2.48. The molecule has 36 heavy (non-hydrogen) atoms. The summed E-state index contributed by atoms with van der Waals surface area (Å²) in [6.45, 7) is 2.46. The number of methoxy groups -OCH3 is 1. The Labute approximate surface area is 211 Å². The summed E-state index contributed by atoms with van der Waals surface area (Å²) < 4.78 is 5.22. The van der Waals surface area contributed by atoms with E-state index in [0.717, 1.165) is 24.0 Å². The molecule has 2 aromatic rings. The van der Waals surface area contributed by atoms with Gasteiger partial charge in [0.2, 0.25) is 11.8 Å². The van der Waals surface area contributed by atoms with E-state index in [-0.39, 0.29) is 12.2 Å². The Kier molecular flexibility index (Phi) is 8.06. The molecule has 1 saturated carbocycles. The summed E-state index contributed by atoms with van der Waals surface area (Å²) in [7, 11) is 1.58. The summed E-state index contributed by atoms with van der Waals surface area (Å²) >= 11 is 0. The Balaban J connectivity index is 1.53. The molecule has 4 N–H and O–H groups in total. The number of carbonyl (C=O) groups excluding carboxylic acids is 3. The summed E-state index contributed by atoms with van der Waals surface area (Å²) in [5.74, 6) is -0.158. The Bertz CT molecular complexity index is 1070. The monoisotopic (exact) mass is 493 g/mol. The molecule has 8 nitrogen and oxygen atoms in total. The third-order valence-electron chi connectivity index (χ3n) is 7.21. The normalized spacial score (nSPS) is 21.8. The summed E-state index contributed by atoms with van der Waals surface area (Å²) in [4.78, 5) is 39.8. The van der Waals surface area contributed by atoms with E-state index in [0.29, 0.717) is 25.1 Å². The zero-order valence-electron chi connectivity index (χ0n) is 20.8. The maximum Gasteiger partial charge on any atom is 0.243 e. The third kappa shape index (κ3) is 6.30. The molecule has 2 amide bonds. The molecule has 2 fully saturated rings. The molecule has 1 heterocycles. The van der Waals surface area contributed by atoms with E-state index in [1.807, 2.05) is 49.4 Å². The largest absolute Gasteiger partial charge is 0.497 e. The molecule has 0 bridgehead atoms. The average Bonchev–Trinajstić information content (AvgIpc) is 3.49. The molecular formula is C28H35N3O5. The predicted molar refractivity (Wildman–Crippen MR) is 135 cm³/mol. The predicted octanol–water partition coefficient (Wildman–Crippen LogP) is 1.54. The van der Waals surface area contributed by atoms with Crippen LogP contribution in [0.25, 0.3) is 0 Å². The van der Waals surface area contributed by atoms with Gasteiger partial charge < -0.3 is 25.8 Å². The van der Waals surface area contributed by atoms with Crippen LogP contribution in [0.5, 0.6) is 5.75 Å². The highest BCUT2D eigenvalue weighted by molar-refractivity contribution is 5.97. The first-order valence-corrected chi connectivity index (χ1v) is 12.5. The number of aliphatic hydroxyl groups is 1. The molecule has 0 spiro atoms. The van der Waals surface area contributed by atoms with Gasteiger partial charge in [0.1, 0.15) is 17.8 Å². The van der Waals surface area contributed by atoms with Crippen LogP contribution in [0, 0.1) is 5.41 Å². The molecule has 0 radical (unpaired) electrons. The van der Waals surface area contributed by atoms with E-state index in [9.17, 15) is 19.5 Å². The molecule has 0 unspecified atom stereocenters. The van der Waals surface area contributed by atoms with Crippen LogP contribution >= 0.6 is 0 Å². The van der Waals surface area contributed by atoms with Crippen molar-refractivity contribution in [3.05, 3.63) is 65.7 Å². The van der Waals surface area contributed by atoms with Gasteiger partial charge in [0, 0.05) is 11.8 Å². The van der Waals surface area contributed by atoms with Crippen molar-refractivity contribution in [1.29, 1.82) is 0 Å². The molecule has 1 saturated heterocycles. The van der Waals surface area contributed by atoms with Gasteiger partial charge in [-0.25, -0.2) is 0 Å². The fourth-order valence-corrected chi connectivity index (χ4v) is 4.61. The number of benzene rings is 2. The number of ether oxygens (including phenoxy) is 1. The van der Waals surface area contributed by atoms with Crippen LogP contribution in [0.4, 0.5) is 0 Å². The smallest absolute Gasteiger partial charge is 0.243 e. The van der Waals surface area contributed by atoms with Crippen LogP contribution in [-0.2, 0) is 27.2 Å². The molecular weight excluding hydrogens is 458 g/mol. The number of hydrogen-bond donors (Lipinski definition) is 4. The molecule has 2 aromatic carbocycles. The second kappa shape index (κ2) is 11.2. The number of nitrogens with one attached hydrogen (secondary N) is 3. The van der Waals surface area contributed by atoms with E-state index in [4.69, 9.17) is 4.74 Å². The van der Waals surface area contributed by atoms with Crippen LogP contribution in [0.3, 0.4) is 0 Å². The lowest BCUT2D eigenvalue weighted by Crippen LogP contribution is -2.57. The quantitative estimate of drug-likeness (QED) is 0.377. The van der Waals surface area contributed by atoms with Crippen molar-refractivity contribution in [3.63, 3.8) is 0 Å². The number of ketones is 1. The van der Waals surface area contributed by atoms with Gasteiger partial charge in [0.05, 0.1) is 19.3 Å². The van der Waals surface area contributed by atoms with Crippen molar-refractivity contribution in [3.8, 4) is 5.75 Å². The van der Waals surface area contributed by atoms with Crippen LogP contribution in [0.15, 0.2) is 54.6 Å². The van der Waals surface area contributed by atoms with Crippen LogP contribution in [0.2, 0.25) is 0 Å². The van der Waals surface area contributed by atoms with E-state index in [1.165, 1.54) is 0 Å². The maximum atomic E-state index is 13.6. The summed E-state index contributed by atoms with van der Waals surface area (Å²) in [6.07, 6.45) is 1.90. The molecule has 2 aliphatic rings. The van der Waals surface area contributed by atoms with Gasteiger partial charge in [-0.2, -0.15) is 0 Å². The number of Topliss-reactive ketones (excluding diaryl/α,β-unsaturated/α-hetero) is 1. The summed E-state index contributed by atoms with van der Waals surface area (Å²) in [6, 6.07) is 14.5. The fourth-order valence-electron chi connectivity index (χ4n) is 4.61. The molecule has 8 heteroatoms. The standard InChI is InChI=1S/C28H35N3O5/c1-28(13-14-28)25(33)21(16-18-6-4-3-5-7-18)30-26(34)22(17-19-8-10-20(36-2)11-9-19)31-27(35)24-23(32)12-15-29-24/h3-11,21-24,29,32H,12-17H2,1-2H3,(H,30,34)(H,31,35)/t21-,22-,23-,24+/m0/s1. The van der Waals surface area contributed by atoms with Crippen molar-refractivity contribution < 1.29 is 24.2 Å². The topological polar surface area (TPSA) is 117 Å². The van der Waals surface area contributed by atoms with Gasteiger partial charge in [-0.3, -0.25) is 14.4 Å². The minimum atomic E-state index is -0.918. The number of amides is 2.